The molecule has 0 aromatic heterocycles. The fourth-order valence-electron chi connectivity index (χ4n) is 8.25. The Balaban J connectivity index is 1.61. The molecule has 2 bridgehead atoms. The second-order valence-electron chi connectivity index (χ2n) is 13.7. The normalized spacial score (nSPS) is 33.0. The van der Waals surface area contributed by atoms with Crippen LogP contribution in [0.4, 0.5) is 0 Å². The maximum Gasteiger partial charge on any atom is 0.338 e. The Kier molecular flexibility index (Phi) is 6.75. The second-order valence-corrected chi connectivity index (χ2v) is 13.7. The molecule has 8 atom stereocenters. The molecule has 0 saturated heterocycles. The first-order chi connectivity index (χ1) is 17.5. The predicted molar refractivity (Wildman–Crippen MR) is 145 cm³/mol. The Labute approximate surface area is 222 Å². The van der Waals surface area contributed by atoms with Gasteiger partial charge in [0.15, 0.2) is 0 Å². The van der Waals surface area contributed by atoms with Gasteiger partial charge in [0, 0.05) is 11.8 Å². The molecule has 4 heteroatoms. The van der Waals surface area contributed by atoms with Gasteiger partial charge in [0.05, 0.1) is 11.1 Å². The van der Waals surface area contributed by atoms with Crippen molar-refractivity contribution in [3.8, 4) is 0 Å². The summed E-state index contributed by atoms with van der Waals surface area (Å²) in [7, 11) is 0. The third-order valence-corrected chi connectivity index (χ3v) is 9.41. The van der Waals surface area contributed by atoms with E-state index in [9.17, 15) is 9.59 Å². The number of rotatable bonds is 4. The largest absolute Gasteiger partial charge is 0.454 e. The zero-order valence-electron chi connectivity index (χ0n) is 23.1. The first-order valence-electron chi connectivity index (χ1n) is 14.0. The highest BCUT2D eigenvalue weighted by Crippen LogP contribution is 2.66. The lowest BCUT2D eigenvalue weighted by Gasteiger charge is -2.58. The quantitative estimate of drug-likeness (QED) is 0.408. The average Bonchev–Trinajstić information content (AvgIpc) is 3.46. The lowest BCUT2D eigenvalue weighted by Crippen LogP contribution is -2.62. The zero-order valence-corrected chi connectivity index (χ0v) is 23.1. The third kappa shape index (κ3) is 4.84. The number of carbonyl (C=O) groups is 2. The second kappa shape index (κ2) is 9.60. The van der Waals surface area contributed by atoms with Crippen LogP contribution in [0.15, 0.2) is 60.7 Å². The van der Waals surface area contributed by atoms with Gasteiger partial charge < -0.3 is 9.47 Å². The molecule has 5 rings (SSSR count). The van der Waals surface area contributed by atoms with E-state index in [-0.39, 0.29) is 34.6 Å². The molecule has 0 spiro atoms. The summed E-state index contributed by atoms with van der Waals surface area (Å²) in [5, 5.41) is 0. The predicted octanol–water partition coefficient (Wildman–Crippen LogP) is 7.44. The summed E-state index contributed by atoms with van der Waals surface area (Å²) >= 11 is 0. The molecule has 3 fully saturated rings. The summed E-state index contributed by atoms with van der Waals surface area (Å²) in [6.07, 6.45) is 2.73. The molecular formula is C33H42O4. The fourth-order valence-corrected chi connectivity index (χ4v) is 8.25. The van der Waals surface area contributed by atoms with E-state index in [4.69, 9.17) is 9.47 Å². The Hall–Kier alpha value is -2.62. The molecule has 0 N–H and O–H groups in total. The molecule has 3 aliphatic carbocycles. The van der Waals surface area contributed by atoms with Crippen LogP contribution in [-0.4, -0.2) is 24.1 Å². The van der Waals surface area contributed by atoms with E-state index < -0.39 is 12.2 Å². The van der Waals surface area contributed by atoms with E-state index in [0.29, 0.717) is 34.8 Å². The van der Waals surface area contributed by atoms with Crippen molar-refractivity contribution in [3.63, 3.8) is 0 Å². The molecular weight excluding hydrogens is 460 g/mol. The molecule has 198 valence electrons. The monoisotopic (exact) mass is 502 g/mol. The van der Waals surface area contributed by atoms with E-state index in [1.54, 1.807) is 24.3 Å². The van der Waals surface area contributed by atoms with Crippen LogP contribution >= 0.6 is 0 Å². The highest BCUT2D eigenvalue weighted by Gasteiger charge is 2.66. The summed E-state index contributed by atoms with van der Waals surface area (Å²) < 4.78 is 13.0. The maximum absolute atomic E-state index is 13.5. The molecule has 0 aliphatic heterocycles. The standard InChI is InChI=1S/C33H42O4/c1-32(2,3)26-24-22-17-18-23(19-22)25(24)27(33(4,5)6)29(37-31(35)21-15-11-8-12-16-21)28(26)36-30(34)20-13-9-7-10-14-20/h7-16,22-29H,17-19H2,1-6H3. The van der Waals surface area contributed by atoms with Crippen LogP contribution in [0.3, 0.4) is 0 Å². The van der Waals surface area contributed by atoms with Crippen LogP contribution in [0, 0.1) is 46.3 Å². The van der Waals surface area contributed by atoms with E-state index in [2.05, 4.69) is 41.5 Å². The van der Waals surface area contributed by atoms with Crippen LogP contribution < -0.4 is 0 Å². The fraction of sp³-hybridized carbons (Fsp3) is 0.576. The summed E-state index contributed by atoms with van der Waals surface area (Å²) in [6, 6.07) is 18.4. The Morgan fingerprint density at radius 1 is 0.622 bits per heavy atom. The molecule has 3 saturated carbocycles. The Morgan fingerprint density at radius 2 is 0.973 bits per heavy atom. The number of fused-ring (bicyclic) bond motifs is 5. The van der Waals surface area contributed by atoms with Crippen molar-refractivity contribution in [2.75, 3.05) is 0 Å². The highest BCUT2D eigenvalue weighted by molar-refractivity contribution is 5.90. The minimum Gasteiger partial charge on any atom is -0.454 e. The van der Waals surface area contributed by atoms with E-state index in [1.807, 2.05) is 36.4 Å². The van der Waals surface area contributed by atoms with Crippen LogP contribution in [0.2, 0.25) is 0 Å². The minimum absolute atomic E-state index is 0.104. The van der Waals surface area contributed by atoms with Gasteiger partial charge in [-0.05, 0) is 78.0 Å². The molecule has 0 heterocycles. The maximum atomic E-state index is 13.5. The number of carbonyl (C=O) groups excluding carboxylic acids is 2. The average molecular weight is 503 g/mol. The third-order valence-electron chi connectivity index (χ3n) is 9.41. The van der Waals surface area contributed by atoms with Gasteiger partial charge in [-0.3, -0.25) is 0 Å². The number of hydrogen-bond donors (Lipinski definition) is 0. The number of esters is 2. The van der Waals surface area contributed by atoms with Gasteiger partial charge in [-0.15, -0.1) is 0 Å². The molecule has 3 aliphatic rings. The van der Waals surface area contributed by atoms with Gasteiger partial charge in [0.2, 0.25) is 0 Å². The topological polar surface area (TPSA) is 52.6 Å². The van der Waals surface area contributed by atoms with Gasteiger partial charge in [-0.2, -0.15) is 0 Å². The molecule has 4 nitrogen and oxygen atoms in total. The SMILES string of the molecule is CC(C)(C)C1C(OC(=O)c2ccccc2)C(OC(=O)c2ccccc2)C(C(C)(C)C)C2C3CCC(C3)C21. The molecule has 0 amide bonds. The summed E-state index contributed by atoms with van der Waals surface area (Å²) in [5.41, 5.74) is 0.834. The van der Waals surface area contributed by atoms with Crippen molar-refractivity contribution in [1.29, 1.82) is 0 Å². The van der Waals surface area contributed by atoms with Gasteiger partial charge >= 0.3 is 11.9 Å². The Morgan fingerprint density at radius 3 is 1.30 bits per heavy atom. The number of benzene rings is 2. The van der Waals surface area contributed by atoms with Crippen molar-refractivity contribution in [2.24, 2.45) is 46.3 Å². The molecule has 2 aromatic rings. The van der Waals surface area contributed by atoms with Crippen molar-refractivity contribution < 1.29 is 19.1 Å². The van der Waals surface area contributed by atoms with Crippen molar-refractivity contribution >= 4 is 11.9 Å². The molecule has 0 radical (unpaired) electrons. The van der Waals surface area contributed by atoms with Crippen LogP contribution in [0.1, 0.15) is 81.5 Å². The summed E-state index contributed by atoms with van der Waals surface area (Å²) in [4.78, 5) is 27.1. The lowest BCUT2D eigenvalue weighted by atomic mass is 9.50. The molecule has 37 heavy (non-hydrogen) atoms. The van der Waals surface area contributed by atoms with Gasteiger partial charge in [0.25, 0.3) is 0 Å². The van der Waals surface area contributed by atoms with Gasteiger partial charge in [-0.25, -0.2) is 9.59 Å². The van der Waals surface area contributed by atoms with Crippen molar-refractivity contribution in [1.82, 2.24) is 0 Å². The van der Waals surface area contributed by atoms with Gasteiger partial charge in [-0.1, -0.05) is 77.9 Å². The zero-order chi connectivity index (χ0) is 26.5. The minimum atomic E-state index is -0.509. The number of hydrogen-bond acceptors (Lipinski definition) is 4. The first kappa shape index (κ1) is 26.0. The summed E-state index contributed by atoms with van der Waals surface area (Å²) in [5.74, 6) is 1.75. The molecule has 8 unspecified atom stereocenters. The lowest BCUT2D eigenvalue weighted by molar-refractivity contribution is -0.190. The molecule has 2 aromatic carbocycles. The van der Waals surface area contributed by atoms with E-state index in [1.165, 1.54) is 19.3 Å². The highest BCUT2D eigenvalue weighted by atomic mass is 16.6. The first-order valence-corrected chi connectivity index (χ1v) is 14.0. The van der Waals surface area contributed by atoms with Crippen molar-refractivity contribution in [3.05, 3.63) is 71.8 Å². The Bertz CT molecular complexity index is 1020. The summed E-state index contributed by atoms with van der Waals surface area (Å²) in [6.45, 7) is 13.6. The smallest absolute Gasteiger partial charge is 0.338 e. The van der Waals surface area contributed by atoms with Crippen LogP contribution in [0.5, 0.6) is 0 Å². The van der Waals surface area contributed by atoms with Gasteiger partial charge in [0.1, 0.15) is 12.2 Å². The van der Waals surface area contributed by atoms with Crippen molar-refractivity contribution in [2.45, 2.75) is 73.0 Å². The van der Waals surface area contributed by atoms with E-state index in [0.717, 1.165) is 0 Å². The van der Waals surface area contributed by atoms with Crippen LogP contribution in [0.25, 0.3) is 0 Å². The number of ether oxygens (including phenoxy) is 2. The van der Waals surface area contributed by atoms with E-state index >= 15 is 0 Å². The van der Waals surface area contributed by atoms with Crippen LogP contribution in [-0.2, 0) is 9.47 Å².